The fourth-order valence-electron chi connectivity index (χ4n) is 1.91. The van der Waals surface area contributed by atoms with Gasteiger partial charge in [0.2, 0.25) is 5.60 Å². The van der Waals surface area contributed by atoms with E-state index < -0.39 is 5.60 Å². The minimum Gasteiger partial charge on any atom is -0.383 e. The van der Waals surface area contributed by atoms with E-state index in [-0.39, 0.29) is 11.7 Å². The van der Waals surface area contributed by atoms with Gasteiger partial charge in [-0.2, -0.15) is 0 Å². The SMILES string of the molecule is COCCNC(=O)[C@@]1(C)CC(c2ccc(F)cc2)=NO1. The van der Waals surface area contributed by atoms with E-state index in [1.165, 1.54) is 12.1 Å². The number of benzene rings is 1. The number of hydrogen-bond acceptors (Lipinski definition) is 4. The molecule has 1 N–H and O–H groups in total. The Labute approximate surface area is 116 Å². The second kappa shape index (κ2) is 6.00. The summed E-state index contributed by atoms with van der Waals surface area (Å²) in [6.45, 7) is 2.53. The van der Waals surface area contributed by atoms with Gasteiger partial charge in [0.15, 0.2) is 0 Å². The van der Waals surface area contributed by atoms with Gasteiger partial charge in [-0.05, 0) is 24.6 Å². The Morgan fingerprint density at radius 2 is 2.20 bits per heavy atom. The first kappa shape index (κ1) is 14.5. The van der Waals surface area contributed by atoms with Crippen molar-refractivity contribution in [2.75, 3.05) is 20.3 Å². The van der Waals surface area contributed by atoms with E-state index in [0.717, 1.165) is 5.56 Å². The summed E-state index contributed by atoms with van der Waals surface area (Å²) >= 11 is 0. The lowest BCUT2D eigenvalue weighted by Crippen LogP contribution is -2.45. The summed E-state index contributed by atoms with van der Waals surface area (Å²) in [5.41, 5.74) is 0.353. The normalized spacial score (nSPS) is 21.2. The third-order valence-corrected chi connectivity index (χ3v) is 3.11. The first-order valence-corrected chi connectivity index (χ1v) is 6.33. The fourth-order valence-corrected chi connectivity index (χ4v) is 1.91. The second-order valence-electron chi connectivity index (χ2n) is 4.79. The van der Waals surface area contributed by atoms with Gasteiger partial charge in [0, 0.05) is 20.1 Å². The fraction of sp³-hybridized carbons (Fsp3) is 0.429. The van der Waals surface area contributed by atoms with E-state index in [1.54, 1.807) is 26.2 Å². The van der Waals surface area contributed by atoms with Crippen molar-refractivity contribution in [3.63, 3.8) is 0 Å². The standard InChI is InChI=1S/C14H17FN2O3/c1-14(13(18)16-7-8-19-2)9-12(17-20-14)10-3-5-11(15)6-4-10/h3-6H,7-9H2,1-2H3,(H,16,18)/t14-/m1/s1. The lowest BCUT2D eigenvalue weighted by Gasteiger charge is -2.20. The number of carbonyl (C=O) groups excluding carboxylic acids is 1. The summed E-state index contributed by atoms with van der Waals surface area (Å²) in [6, 6.07) is 5.94. The number of nitrogens with zero attached hydrogens (tertiary/aromatic N) is 1. The van der Waals surface area contributed by atoms with Gasteiger partial charge in [-0.25, -0.2) is 4.39 Å². The predicted octanol–water partition coefficient (Wildman–Crippen LogP) is 1.47. The molecule has 1 atom stereocenters. The minimum atomic E-state index is -1.03. The van der Waals surface area contributed by atoms with Crippen molar-refractivity contribution in [1.29, 1.82) is 0 Å². The molecule has 1 aliphatic heterocycles. The van der Waals surface area contributed by atoms with Crippen LogP contribution in [0.4, 0.5) is 4.39 Å². The summed E-state index contributed by atoms with van der Waals surface area (Å²) in [5.74, 6) is -0.552. The third kappa shape index (κ3) is 3.14. The number of nitrogens with one attached hydrogen (secondary N) is 1. The Kier molecular flexibility index (Phi) is 4.34. The number of ether oxygens (including phenoxy) is 1. The minimum absolute atomic E-state index is 0.240. The molecule has 0 spiro atoms. The summed E-state index contributed by atoms with van der Waals surface area (Å²) in [6.07, 6.45) is 0.345. The summed E-state index contributed by atoms with van der Waals surface area (Å²) in [4.78, 5) is 17.3. The molecule has 1 aliphatic rings. The van der Waals surface area contributed by atoms with Crippen molar-refractivity contribution >= 4 is 11.6 Å². The van der Waals surface area contributed by atoms with Gasteiger partial charge in [-0.3, -0.25) is 4.79 Å². The molecule has 0 saturated carbocycles. The van der Waals surface area contributed by atoms with Gasteiger partial charge < -0.3 is 14.9 Å². The van der Waals surface area contributed by atoms with Crippen LogP contribution in [-0.4, -0.2) is 37.5 Å². The molecule has 1 amide bonds. The number of oxime groups is 1. The molecular formula is C14H17FN2O3. The topological polar surface area (TPSA) is 59.9 Å². The molecule has 108 valence electrons. The Balaban J connectivity index is 1.98. The smallest absolute Gasteiger partial charge is 0.267 e. The molecule has 0 saturated heterocycles. The number of carbonyl (C=O) groups is 1. The lowest BCUT2D eigenvalue weighted by molar-refractivity contribution is -0.141. The van der Waals surface area contributed by atoms with Crippen LogP contribution in [0.5, 0.6) is 0 Å². The van der Waals surface area contributed by atoms with Crippen molar-refractivity contribution in [3.05, 3.63) is 35.6 Å². The Morgan fingerprint density at radius 1 is 1.50 bits per heavy atom. The molecule has 0 radical (unpaired) electrons. The molecule has 1 heterocycles. The number of amides is 1. The largest absolute Gasteiger partial charge is 0.383 e. The zero-order chi connectivity index (χ0) is 14.6. The van der Waals surface area contributed by atoms with E-state index in [1.807, 2.05) is 0 Å². The van der Waals surface area contributed by atoms with Gasteiger partial charge in [0.05, 0.1) is 12.3 Å². The van der Waals surface area contributed by atoms with Crippen molar-refractivity contribution in [2.45, 2.75) is 18.9 Å². The lowest BCUT2D eigenvalue weighted by atomic mass is 9.95. The molecule has 0 fully saturated rings. The molecule has 20 heavy (non-hydrogen) atoms. The van der Waals surface area contributed by atoms with Crippen LogP contribution in [0.15, 0.2) is 29.4 Å². The highest BCUT2D eigenvalue weighted by atomic mass is 19.1. The van der Waals surface area contributed by atoms with Gasteiger partial charge >= 0.3 is 0 Å². The monoisotopic (exact) mass is 280 g/mol. The zero-order valence-corrected chi connectivity index (χ0v) is 11.5. The predicted molar refractivity (Wildman–Crippen MR) is 71.9 cm³/mol. The highest BCUT2D eigenvalue weighted by Gasteiger charge is 2.41. The van der Waals surface area contributed by atoms with Crippen molar-refractivity contribution < 1.29 is 18.8 Å². The van der Waals surface area contributed by atoms with E-state index in [0.29, 0.717) is 25.3 Å². The molecular weight excluding hydrogens is 263 g/mol. The zero-order valence-electron chi connectivity index (χ0n) is 11.5. The van der Waals surface area contributed by atoms with Crippen LogP contribution < -0.4 is 5.32 Å². The van der Waals surface area contributed by atoms with Gasteiger partial charge in [0.25, 0.3) is 5.91 Å². The van der Waals surface area contributed by atoms with Gasteiger partial charge in [0.1, 0.15) is 5.82 Å². The van der Waals surface area contributed by atoms with Crippen LogP contribution in [-0.2, 0) is 14.4 Å². The van der Waals surface area contributed by atoms with E-state index in [4.69, 9.17) is 9.57 Å². The third-order valence-electron chi connectivity index (χ3n) is 3.11. The first-order chi connectivity index (χ1) is 9.55. The Bertz CT molecular complexity index is 516. The first-order valence-electron chi connectivity index (χ1n) is 6.33. The number of halogens is 1. The van der Waals surface area contributed by atoms with Crippen molar-refractivity contribution in [3.8, 4) is 0 Å². The van der Waals surface area contributed by atoms with E-state index in [9.17, 15) is 9.18 Å². The van der Waals surface area contributed by atoms with E-state index >= 15 is 0 Å². The average molecular weight is 280 g/mol. The molecule has 1 aromatic rings. The maximum atomic E-state index is 12.9. The number of hydrogen-bond donors (Lipinski definition) is 1. The molecule has 2 rings (SSSR count). The van der Waals surface area contributed by atoms with Crippen LogP contribution in [0.3, 0.4) is 0 Å². The van der Waals surface area contributed by atoms with Crippen molar-refractivity contribution in [1.82, 2.24) is 5.32 Å². The molecule has 0 aliphatic carbocycles. The van der Waals surface area contributed by atoms with Gasteiger partial charge in [-0.1, -0.05) is 17.3 Å². The molecule has 1 aromatic carbocycles. The van der Waals surface area contributed by atoms with Crippen molar-refractivity contribution in [2.24, 2.45) is 5.16 Å². The Hall–Kier alpha value is -1.95. The van der Waals surface area contributed by atoms with Gasteiger partial charge in [-0.15, -0.1) is 0 Å². The highest BCUT2D eigenvalue weighted by Crippen LogP contribution is 2.26. The molecule has 5 nitrogen and oxygen atoms in total. The quantitative estimate of drug-likeness (QED) is 0.831. The van der Waals surface area contributed by atoms with Crippen LogP contribution in [0.2, 0.25) is 0 Å². The maximum Gasteiger partial charge on any atom is 0.267 e. The van der Waals surface area contributed by atoms with Crippen LogP contribution in [0.1, 0.15) is 18.9 Å². The average Bonchev–Trinajstić information content (AvgIpc) is 2.84. The van der Waals surface area contributed by atoms with Crippen LogP contribution >= 0.6 is 0 Å². The van der Waals surface area contributed by atoms with Crippen LogP contribution in [0.25, 0.3) is 0 Å². The Morgan fingerprint density at radius 3 is 2.85 bits per heavy atom. The van der Waals surface area contributed by atoms with E-state index in [2.05, 4.69) is 10.5 Å². The highest BCUT2D eigenvalue weighted by molar-refractivity contribution is 6.05. The number of methoxy groups -OCH3 is 1. The van der Waals surface area contributed by atoms with Crippen LogP contribution in [0, 0.1) is 5.82 Å². The summed E-state index contributed by atoms with van der Waals surface area (Å²) < 4.78 is 17.7. The molecule has 0 unspecified atom stereocenters. The summed E-state index contributed by atoms with van der Waals surface area (Å²) in [5, 5.41) is 6.67. The molecule has 0 bridgehead atoms. The number of rotatable bonds is 5. The maximum absolute atomic E-state index is 12.9. The second-order valence-corrected chi connectivity index (χ2v) is 4.79. The summed E-state index contributed by atoms with van der Waals surface area (Å²) in [7, 11) is 1.57. The molecule has 6 heteroatoms. The molecule has 0 aromatic heterocycles.